The monoisotopic (exact) mass is 378 g/mol. The Balaban J connectivity index is 1.67. The molecule has 2 rings (SSSR count). The lowest BCUT2D eigenvalue weighted by Gasteiger charge is -2.08. The van der Waals surface area contributed by atoms with Gasteiger partial charge in [-0.2, -0.15) is 0 Å². The normalized spacial score (nSPS) is 10.5. The number of halogens is 2. The maximum Gasteiger partial charge on any atom is 0.150 e. The summed E-state index contributed by atoms with van der Waals surface area (Å²) in [6.07, 6.45) is 4.86. The number of hydrogen-bond donors (Lipinski definition) is 0. The van der Waals surface area contributed by atoms with Gasteiger partial charge in [-0.25, -0.2) is 4.39 Å². The summed E-state index contributed by atoms with van der Waals surface area (Å²) in [6.45, 7) is 0.239. The van der Waals surface area contributed by atoms with E-state index in [1.807, 2.05) is 24.3 Å². The number of alkyl halides is 1. The molecule has 0 fully saturated rings. The van der Waals surface area contributed by atoms with Crippen LogP contribution in [-0.4, -0.2) is 12.9 Å². The molecule has 0 heterocycles. The van der Waals surface area contributed by atoms with Crippen molar-refractivity contribution < 1.29 is 13.9 Å². The minimum absolute atomic E-state index is 0.403. The van der Waals surface area contributed by atoms with E-state index in [-0.39, 0.29) is 0 Å². The first-order valence-electron chi connectivity index (χ1n) is 7.74. The van der Waals surface area contributed by atoms with Gasteiger partial charge in [-0.15, -0.1) is 0 Å². The molecule has 0 radical (unpaired) electrons. The van der Waals surface area contributed by atoms with E-state index in [0.29, 0.717) is 12.2 Å². The molecule has 0 amide bonds. The summed E-state index contributed by atoms with van der Waals surface area (Å²) in [5.74, 6) is 0.756. The van der Waals surface area contributed by atoms with Crippen LogP contribution >= 0.6 is 15.9 Å². The van der Waals surface area contributed by atoms with Gasteiger partial charge in [0.05, 0.1) is 11.1 Å². The van der Waals surface area contributed by atoms with Crippen LogP contribution in [0.2, 0.25) is 0 Å². The van der Waals surface area contributed by atoms with Gasteiger partial charge in [-0.1, -0.05) is 24.3 Å². The van der Waals surface area contributed by atoms with Crippen LogP contribution in [0.4, 0.5) is 4.39 Å². The topological polar surface area (TPSA) is 26.3 Å². The van der Waals surface area contributed by atoms with Gasteiger partial charge < -0.3 is 4.74 Å². The quantitative estimate of drug-likeness (QED) is 0.423. The first-order chi connectivity index (χ1) is 11.2. The molecule has 4 heteroatoms. The Hall–Kier alpha value is -1.68. The molecular weight excluding hydrogens is 359 g/mol. The van der Waals surface area contributed by atoms with Gasteiger partial charge in [0.15, 0.2) is 0 Å². The van der Waals surface area contributed by atoms with E-state index >= 15 is 0 Å². The SMILES string of the molecule is O=Cc1ccc(OCCCCCc2cccc(CF)c2)c(Br)c1. The van der Waals surface area contributed by atoms with Crippen molar-refractivity contribution in [3.63, 3.8) is 0 Å². The van der Waals surface area contributed by atoms with Crippen LogP contribution in [0.15, 0.2) is 46.9 Å². The largest absolute Gasteiger partial charge is 0.492 e. The summed E-state index contributed by atoms with van der Waals surface area (Å²) >= 11 is 3.40. The number of hydrogen-bond acceptors (Lipinski definition) is 2. The summed E-state index contributed by atoms with van der Waals surface area (Å²) in [7, 11) is 0. The highest BCUT2D eigenvalue weighted by molar-refractivity contribution is 9.10. The van der Waals surface area contributed by atoms with Crippen molar-refractivity contribution in [2.75, 3.05) is 6.61 Å². The van der Waals surface area contributed by atoms with Crippen LogP contribution < -0.4 is 4.74 Å². The predicted octanol–water partition coefficient (Wildman–Crippen LogP) is 5.52. The molecule has 0 aliphatic carbocycles. The Morgan fingerprint density at radius 3 is 2.61 bits per heavy atom. The molecule has 0 atom stereocenters. The fraction of sp³-hybridized carbons (Fsp3) is 0.316. The second-order valence-electron chi connectivity index (χ2n) is 5.42. The van der Waals surface area contributed by atoms with Crippen LogP contribution in [-0.2, 0) is 13.1 Å². The Morgan fingerprint density at radius 2 is 1.87 bits per heavy atom. The van der Waals surface area contributed by atoms with E-state index in [1.54, 1.807) is 18.2 Å². The van der Waals surface area contributed by atoms with E-state index in [4.69, 9.17) is 4.74 Å². The molecule has 2 aromatic carbocycles. The van der Waals surface area contributed by atoms with Crippen molar-refractivity contribution in [1.29, 1.82) is 0 Å². The number of aryl methyl sites for hydroxylation is 1. The van der Waals surface area contributed by atoms with Gasteiger partial charge >= 0.3 is 0 Å². The average molecular weight is 379 g/mol. The standard InChI is InChI=1S/C19H20BrFO2/c20-18-12-17(14-22)8-9-19(18)23-10-3-1-2-5-15-6-4-7-16(11-15)13-21/h4,6-9,11-12,14H,1-3,5,10,13H2. The Bertz CT molecular complexity index is 643. The van der Waals surface area contributed by atoms with Crippen LogP contribution in [0.25, 0.3) is 0 Å². The third-order valence-electron chi connectivity index (χ3n) is 3.61. The molecule has 0 aromatic heterocycles. The second-order valence-corrected chi connectivity index (χ2v) is 6.27. The Morgan fingerprint density at radius 1 is 1.04 bits per heavy atom. The van der Waals surface area contributed by atoms with Gasteiger partial charge in [-0.05, 0) is 70.9 Å². The number of rotatable bonds is 9. The van der Waals surface area contributed by atoms with Gasteiger partial charge in [0, 0.05) is 5.56 Å². The molecule has 0 aliphatic rings. The lowest BCUT2D eigenvalue weighted by molar-refractivity contribution is 0.112. The molecule has 0 unspecified atom stereocenters. The first-order valence-corrected chi connectivity index (χ1v) is 8.53. The van der Waals surface area contributed by atoms with Crippen molar-refractivity contribution in [1.82, 2.24) is 0 Å². The molecule has 122 valence electrons. The van der Waals surface area contributed by atoms with Gasteiger partial charge in [-0.3, -0.25) is 4.79 Å². The maximum atomic E-state index is 12.6. The minimum Gasteiger partial charge on any atom is -0.492 e. The maximum absolute atomic E-state index is 12.6. The summed E-state index contributed by atoms with van der Waals surface area (Å²) in [5, 5.41) is 0. The smallest absolute Gasteiger partial charge is 0.150 e. The summed E-state index contributed by atoms with van der Waals surface area (Å²) in [5.41, 5.74) is 2.56. The summed E-state index contributed by atoms with van der Waals surface area (Å²) < 4.78 is 19.1. The molecule has 2 nitrogen and oxygen atoms in total. The van der Waals surface area contributed by atoms with Crippen molar-refractivity contribution in [2.45, 2.75) is 32.4 Å². The number of aldehydes is 1. The Kier molecular flexibility index (Phi) is 7.27. The number of carbonyl (C=O) groups excluding carboxylic acids is 1. The van der Waals surface area contributed by atoms with Gasteiger partial charge in [0.2, 0.25) is 0 Å². The van der Waals surface area contributed by atoms with E-state index in [0.717, 1.165) is 47.8 Å². The summed E-state index contributed by atoms with van der Waals surface area (Å²) in [4.78, 5) is 10.7. The third-order valence-corrected chi connectivity index (χ3v) is 4.22. The zero-order valence-electron chi connectivity index (χ0n) is 12.9. The van der Waals surface area contributed by atoms with Crippen molar-refractivity contribution in [3.05, 3.63) is 63.6 Å². The number of unbranched alkanes of at least 4 members (excludes halogenated alkanes) is 2. The van der Waals surface area contributed by atoms with Crippen molar-refractivity contribution in [2.24, 2.45) is 0 Å². The molecule has 0 aliphatic heterocycles. The van der Waals surface area contributed by atoms with Crippen LogP contribution in [0, 0.1) is 0 Å². The fourth-order valence-electron chi connectivity index (χ4n) is 2.37. The zero-order valence-corrected chi connectivity index (χ0v) is 14.5. The molecular formula is C19H20BrFO2. The lowest BCUT2D eigenvalue weighted by Crippen LogP contribution is -1.99. The minimum atomic E-state index is -0.403. The first kappa shape index (κ1) is 17.7. The van der Waals surface area contributed by atoms with E-state index in [2.05, 4.69) is 15.9 Å². The molecule has 2 aromatic rings. The highest BCUT2D eigenvalue weighted by atomic mass is 79.9. The van der Waals surface area contributed by atoms with E-state index < -0.39 is 6.67 Å². The number of carbonyl (C=O) groups is 1. The van der Waals surface area contributed by atoms with Crippen LogP contribution in [0.3, 0.4) is 0 Å². The predicted molar refractivity (Wildman–Crippen MR) is 93.8 cm³/mol. The molecule has 0 spiro atoms. The zero-order chi connectivity index (χ0) is 16.5. The van der Waals surface area contributed by atoms with Crippen LogP contribution in [0.5, 0.6) is 5.75 Å². The second kappa shape index (κ2) is 9.46. The van der Waals surface area contributed by atoms with Crippen LogP contribution in [0.1, 0.15) is 40.7 Å². The van der Waals surface area contributed by atoms with Gasteiger partial charge in [0.25, 0.3) is 0 Å². The molecule has 23 heavy (non-hydrogen) atoms. The lowest BCUT2D eigenvalue weighted by atomic mass is 10.0. The highest BCUT2D eigenvalue weighted by Crippen LogP contribution is 2.25. The van der Waals surface area contributed by atoms with Gasteiger partial charge in [0.1, 0.15) is 18.7 Å². The van der Waals surface area contributed by atoms with E-state index in [1.165, 1.54) is 5.56 Å². The Labute approximate surface area is 144 Å². The molecule has 0 bridgehead atoms. The number of ether oxygens (including phenoxy) is 1. The van der Waals surface area contributed by atoms with Crippen molar-refractivity contribution in [3.8, 4) is 5.75 Å². The molecule has 0 N–H and O–H groups in total. The molecule has 0 saturated heterocycles. The average Bonchev–Trinajstić information content (AvgIpc) is 2.59. The highest BCUT2D eigenvalue weighted by Gasteiger charge is 2.02. The third kappa shape index (κ3) is 5.79. The number of benzene rings is 2. The fourth-order valence-corrected chi connectivity index (χ4v) is 2.88. The molecule has 0 saturated carbocycles. The summed E-state index contributed by atoms with van der Waals surface area (Å²) in [6, 6.07) is 13.0. The van der Waals surface area contributed by atoms with E-state index in [9.17, 15) is 9.18 Å². The van der Waals surface area contributed by atoms with Crippen molar-refractivity contribution >= 4 is 22.2 Å².